The molecule has 98 valence electrons. The lowest BCUT2D eigenvalue weighted by Gasteiger charge is -2.31. The summed E-state index contributed by atoms with van der Waals surface area (Å²) in [5.74, 6) is 0. The molecule has 0 aromatic heterocycles. The van der Waals surface area contributed by atoms with Crippen LogP contribution in [0.15, 0.2) is 0 Å². The van der Waals surface area contributed by atoms with Crippen molar-refractivity contribution in [2.75, 3.05) is 33.7 Å². The van der Waals surface area contributed by atoms with Gasteiger partial charge in [0.15, 0.2) is 0 Å². The monoisotopic (exact) mass is 251 g/mol. The number of likely N-dealkylation sites (N-methyl/N-ethyl adjacent to an activating group) is 2. The van der Waals surface area contributed by atoms with Crippen LogP contribution in [-0.2, 0) is 10.0 Å². The highest BCUT2D eigenvalue weighted by Gasteiger charge is 2.30. The molecule has 0 heterocycles. The summed E-state index contributed by atoms with van der Waals surface area (Å²) in [6, 6.07) is -0.0287. The highest BCUT2D eigenvalue weighted by atomic mass is 32.2. The molecular weight excluding hydrogens is 226 g/mol. The second-order valence-electron chi connectivity index (χ2n) is 4.41. The fourth-order valence-corrected chi connectivity index (χ4v) is 3.35. The van der Waals surface area contributed by atoms with Gasteiger partial charge in [0.1, 0.15) is 0 Å². The summed E-state index contributed by atoms with van der Waals surface area (Å²) in [4.78, 5) is 1.98. The lowest BCUT2D eigenvalue weighted by atomic mass is 10.3. The molecule has 16 heavy (non-hydrogen) atoms. The highest BCUT2D eigenvalue weighted by Crippen LogP contribution is 2.12. The Labute approximate surface area is 99.6 Å². The van der Waals surface area contributed by atoms with Gasteiger partial charge in [0, 0.05) is 25.7 Å². The van der Waals surface area contributed by atoms with E-state index >= 15 is 0 Å². The Morgan fingerprint density at radius 3 is 2.06 bits per heavy atom. The average Bonchev–Trinajstić information content (AvgIpc) is 2.15. The van der Waals surface area contributed by atoms with Crippen LogP contribution in [0.25, 0.3) is 0 Å². The maximum atomic E-state index is 12.1. The lowest BCUT2D eigenvalue weighted by Crippen LogP contribution is -2.48. The van der Waals surface area contributed by atoms with Crippen LogP contribution < -0.4 is 5.73 Å². The normalized spacial score (nSPS) is 16.8. The standard InChI is InChI=1S/C10H25N3O2S/c1-6-13(9(2)8-12(4)5)16(14,15)10(3)7-11/h9-10H,6-8,11H2,1-5H3. The number of nitrogens with two attached hydrogens (primary N) is 1. The summed E-state index contributed by atoms with van der Waals surface area (Å²) in [5.41, 5.74) is 5.44. The molecule has 0 rings (SSSR count). The quantitative estimate of drug-likeness (QED) is 0.688. The molecule has 0 spiro atoms. The second-order valence-corrected chi connectivity index (χ2v) is 6.71. The molecule has 0 bridgehead atoms. The second kappa shape index (κ2) is 6.54. The first-order valence-electron chi connectivity index (χ1n) is 5.62. The topological polar surface area (TPSA) is 66.6 Å². The van der Waals surface area contributed by atoms with Crippen LogP contribution in [0.1, 0.15) is 20.8 Å². The van der Waals surface area contributed by atoms with Crippen LogP contribution >= 0.6 is 0 Å². The van der Waals surface area contributed by atoms with Crippen LogP contribution in [0.3, 0.4) is 0 Å². The molecule has 0 aromatic rings. The minimum atomic E-state index is -3.26. The molecule has 0 aliphatic heterocycles. The van der Waals surface area contributed by atoms with E-state index in [1.807, 2.05) is 32.8 Å². The predicted molar refractivity (Wildman–Crippen MR) is 67.8 cm³/mol. The van der Waals surface area contributed by atoms with E-state index in [0.717, 1.165) is 0 Å². The first-order chi connectivity index (χ1) is 7.27. The predicted octanol–water partition coefficient (Wildman–Crippen LogP) is -0.0646. The molecular formula is C10H25N3O2S. The third-order valence-corrected chi connectivity index (χ3v) is 5.08. The Morgan fingerprint density at radius 2 is 1.75 bits per heavy atom. The SMILES string of the molecule is CCN(C(C)CN(C)C)S(=O)(=O)C(C)CN. The molecule has 0 aromatic carbocycles. The summed E-state index contributed by atoms with van der Waals surface area (Å²) in [6.45, 7) is 6.79. The van der Waals surface area contributed by atoms with Gasteiger partial charge in [-0.05, 0) is 27.9 Å². The number of sulfonamides is 1. The maximum absolute atomic E-state index is 12.1. The third kappa shape index (κ3) is 4.01. The molecule has 0 radical (unpaired) electrons. The molecule has 0 saturated heterocycles. The smallest absolute Gasteiger partial charge is 0.218 e. The first kappa shape index (κ1) is 15.8. The molecule has 6 heteroatoms. The van der Waals surface area contributed by atoms with Gasteiger partial charge in [-0.2, -0.15) is 4.31 Å². The Balaban J connectivity index is 4.85. The van der Waals surface area contributed by atoms with Gasteiger partial charge in [-0.1, -0.05) is 6.92 Å². The van der Waals surface area contributed by atoms with Gasteiger partial charge in [-0.15, -0.1) is 0 Å². The van der Waals surface area contributed by atoms with Gasteiger partial charge >= 0.3 is 0 Å². The fraction of sp³-hybridized carbons (Fsp3) is 1.00. The van der Waals surface area contributed by atoms with E-state index in [1.54, 1.807) is 6.92 Å². The van der Waals surface area contributed by atoms with E-state index in [1.165, 1.54) is 4.31 Å². The van der Waals surface area contributed by atoms with Gasteiger partial charge in [0.25, 0.3) is 0 Å². The summed E-state index contributed by atoms with van der Waals surface area (Å²) < 4.78 is 25.8. The van der Waals surface area contributed by atoms with Crippen molar-refractivity contribution >= 4 is 10.0 Å². The van der Waals surface area contributed by atoms with Gasteiger partial charge in [0.05, 0.1) is 5.25 Å². The fourth-order valence-electron chi connectivity index (χ4n) is 1.71. The molecule has 2 N–H and O–H groups in total. The zero-order chi connectivity index (χ0) is 12.9. The molecule has 2 unspecified atom stereocenters. The van der Waals surface area contributed by atoms with E-state index in [0.29, 0.717) is 13.1 Å². The zero-order valence-electron chi connectivity index (χ0n) is 11.0. The molecule has 0 aliphatic rings. The Bertz CT molecular complexity index is 290. The van der Waals surface area contributed by atoms with Crippen molar-refractivity contribution < 1.29 is 8.42 Å². The van der Waals surface area contributed by atoms with Crippen molar-refractivity contribution in [2.24, 2.45) is 5.73 Å². The van der Waals surface area contributed by atoms with E-state index in [2.05, 4.69) is 0 Å². The Hall–Kier alpha value is -0.170. The number of rotatable bonds is 7. The summed E-state index contributed by atoms with van der Waals surface area (Å²) in [7, 11) is 0.603. The first-order valence-corrected chi connectivity index (χ1v) is 7.13. The van der Waals surface area contributed by atoms with E-state index in [4.69, 9.17) is 5.73 Å². The van der Waals surface area contributed by atoms with Crippen LogP contribution in [0, 0.1) is 0 Å². The zero-order valence-corrected chi connectivity index (χ0v) is 11.8. The highest BCUT2D eigenvalue weighted by molar-refractivity contribution is 7.89. The molecule has 5 nitrogen and oxygen atoms in total. The van der Waals surface area contributed by atoms with Crippen LogP contribution in [-0.4, -0.2) is 62.6 Å². The largest absolute Gasteiger partial charge is 0.329 e. The molecule has 2 atom stereocenters. The van der Waals surface area contributed by atoms with Gasteiger partial charge in [-0.3, -0.25) is 0 Å². The van der Waals surface area contributed by atoms with Gasteiger partial charge < -0.3 is 10.6 Å². The van der Waals surface area contributed by atoms with Crippen LogP contribution in [0.4, 0.5) is 0 Å². The van der Waals surface area contributed by atoms with Gasteiger partial charge in [-0.25, -0.2) is 8.42 Å². The maximum Gasteiger partial charge on any atom is 0.218 e. The molecule has 0 saturated carbocycles. The number of hydrogen-bond acceptors (Lipinski definition) is 4. The van der Waals surface area contributed by atoms with Crippen molar-refractivity contribution in [3.63, 3.8) is 0 Å². The summed E-state index contributed by atoms with van der Waals surface area (Å²) in [5, 5.41) is -0.517. The van der Waals surface area contributed by atoms with E-state index in [-0.39, 0.29) is 12.6 Å². The number of nitrogens with zero attached hydrogens (tertiary/aromatic N) is 2. The molecule has 0 amide bonds. The van der Waals surface area contributed by atoms with Crippen molar-refractivity contribution in [2.45, 2.75) is 32.1 Å². The minimum absolute atomic E-state index is 0.0287. The van der Waals surface area contributed by atoms with Crippen molar-refractivity contribution in [1.29, 1.82) is 0 Å². The van der Waals surface area contributed by atoms with E-state index in [9.17, 15) is 8.42 Å². The Morgan fingerprint density at radius 1 is 1.25 bits per heavy atom. The van der Waals surface area contributed by atoms with Crippen LogP contribution in [0.5, 0.6) is 0 Å². The molecule has 0 fully saturated rings. The third-order valence-electron chi connectivity index (χ3n) is 2.60. The van der Waals surface area contributed by atoms with Gasteiger partial charge in [0.2, 0.25) is 10.0 Å². The minimum Gasteiger partial charge on any atom is -0.329 e. The van der Waals surface area contributed by atoms with Crippen LogP contribution in [0.2, 0.25) is 0 Å². The average molecular weight is 251 g/mol. The summed E-state index contributed by atoms with van der Waals surface area (Å²) >= 11 is 0. The lowest BCUT2D eigenvalue weighted by molar-refractivity contribution is 0.270. The van der Waals surface area contributed by atoms with Crippen molar-refractivity contribution in [1.82, 2.24) is 9.21 Å². The summed E-state index contributed by atoms with van der Waals surface area (Å²) in [6.07, 6.45) is 0. The van der Waals surface area contributed by atoms with Crippen molar-refractivity contribution in [3.8, 4) is 0 Å². The number of hydrogen-bond donors (Lipinski definition) is 1. The van der Waals surface area contributed by atoms with Crippen molar-refractivity contribution in [3.05, 3.63) is 0 Å². The van der Waals surface area contributed by atoms with E-state index < -0.39 is 15.3 Å². The Kier molecular flexibility index (Phi) is 6.47. The molecule has 0 aliphatic carbocycles.